The number of fused-ring (bicyclic) bond motifs is 1. The molecule has 0 saturated carbocycles. The van der Waals surface area contributed by atoms with Gasteiger partial charge in [0.05, 0.1) is 19.3 Å². The molecule has 2 unspecified atom stereocenters. The minimum atomic E-state index is 0.285. The van der Waals surface area contributed by atoms with Gasteiger partial charge in [0.25, 0.3) is 0 Å². The maximum Gasteiger partial charge on any atom is 0.128 e. The third-order valence-corrected chi connectivity index (χ3v) is 3.67. The predicted molar refractivity (Wildman–Crippen MR) is 61.4 cm³/mol. The zero-order valence-electron chi connectivity index (χ0n) is 9.78. The smallest absolute Gasteiger partial charge is 0.128 e. The van der Waals surface area contributed by atoms with E-state index < -0.39 is 0 Å². The third-order valence-electron chi connectivity index (χ3n) is 3.67. The molecule has 2 aliphatic rings. The van der Waals surface area contributed by atoms with Crippen molar-refractivity contribution in [2.75, 3.05) is 19.8 Å². The van der Waals surface area contributed by atoms with Gasteiger partial charge in [0.1, 0.15) is 5.82 Å². The van der Waals surface area contributed by atoms with E-state index in [-0.39, 0.29) is 6.04 Å². The second-order valence-electron chi connectivity index (χ2n) is 4.82. The Balaban J connectivity index is 1.89. The second kappa shape index (κ2) is 4.18. The van der Waals surface area contributed by atoms with E-state index in [0.717, 1.165) is 26.3 Å². The van der Waals surface area contributed by atoms with Crippen molar-refractivity contribution < 1.29 is 4.74 Å². The number of nitrogens with zero attached hydrogens (tertiary/aromatic N) is 2. The van der Waals surface area contributed by atoms with E-state index in [1.54, 1.807) is 0 Å². The molecule has 1 aromatic rings. The zero-order valence-corrected chi connectivity index (χ0v) is 9.78. The van der Waals surface area contributed by atoms with Crippen LogP contribution in [0.25, 0.3) is 0 Å². The van der Waals surface area contributed by atoms with Gasteiger partial charge in [-0.1, -0.05) is 6.92 Å². The van der Waals surface area contributed by atoms with Crippen LogP contribution in [0.1, 0.15) is 43.2 Å². The van der Waals surface area contributed by atoms with Crippen molar-refractivity contribution in [1.82, 2.24) is 14.9 Å². The summed E-state index contributed by atoms with van der Waals surface area (Å²) in [4.78, 5) is 4.59. The maximum atomic E-state index is 5.51. The van der Waals surface area contributed by atoms with Crippen molar-refractivity contribution in [3.05, 3.63) is 17.7 Å². The molecule has 0 aromatic carbocycles. The summed E-state index contributed by atoms with van der Waals surface area (Å²) in [6.07, 6.45) is 4.61. The van der Waals surface area contributed by atoms with Crippen LogP contribution in [0.4, 0.5) is 0 Å². The van der Waals surface area contributed by atoms with Gasteiger partial charge in [-0.05, 0) is 18.8 Å². The predicted octanol–water partition coefficient (Wildman–Crippen LogP) is 1.44. The van der Waals surface area contributed by atoms with Gasteiger partial charge < -0.3 is 14.6 Å². The quantitative estimate of drug-likeness (QED) is 0.780. The van der Waals surface area contributed by atoms with Crippen molar-refractivity contribution >= 4 is 0 Å². The van der Waals surface area contributed by atoms with Gasteiger partial charge in [-0.3, -0.25) is 0 Å². The summed E-state index contributed by atoms with van der Waals surface area (Å²) in [6, 6.07) is 0.285. The molecule has 1 fully saturated rings. The van der Waals surface area contributed by atoms with E-state index >= 15 is 0 Å². The molecule has 0 bridgehead atoms. The third kappa shape index (κ3) is 1.66. The molecule has 2 aliphatic heterocycles. The first-order valence-corrected chi connectivity index (χ1v) is 6.22. The number of hydrogen-bond acceptors (Lipinski definition) is 3. The lowest BCUT2D eigenvalue weighted by atomic mass is 9.98. The molecular formula is C12H19N3O. The van der Waals surface area contributed by atoms with Crippen molar-refractivity contribution in [1.29, 1.82) is 0 Å². The maximum absolute atomic E-state index is 5.51. The summed E-state index contributed by atoms with van der Waals surface area (Å²) in [5, 5.41) is 3.48. The Morgan fingerprint density at radius 1 is 1.56 bits per heavy atom. The fourth-order valence-electron chi connectivity index (χ4n) is 2.75. The average Bonchev–Trinajstić information content (AvgIpc) is 2.75. The second-order valence-corrected chi connectivity index (χ2v) is 4.82. The van der Waals surface area contributed by atoms with Crippen LogP contribution >= 0.6 is 0 Å². The van der Waals surface area contributed by atoms with E-state index in [0.29, 0.717) is 5.92 Å². The van der Waals surface area contributed by atoms with Crippen molar-refractivity contribution in [2.24, 2.45) is 0 Å². The Hall–Kier alpha value is -0.870. The molecule has 3 rings (SSSR count). The van der Waals surface area contributed by atoms with E-state index in [1.807, 2.05) is 0 Å². The van der Waals surface area contributed by atoms with E-state index in [9.17, 15) is 0 Å². The fourth-order valence-corrected chi connectivity index (χ4v) is 2.75. The van der Waals surface area contributed by atoms with Crippen LogP contribution in [0, 0.1) is 0 Å². The first kappa shape index (κ1) is 10.3. The number of nitrogens with one attached hydrogen (secondary N) is 1. The fraction of sp³-hybridized carbons (Fsp3) is 0.750. The molecule has 0 radical (unpaired) electrons. The highest BCUT2D eigenvalue weighted by atomic mass is 16.5. The van der Waals surface area contributed by atoms with Crippen molar-refractivity contribution in [3.8, 4) is 0 Å². The highest BCUT2D eigenvalue weighted by molar-refractivity contribution is 5.15. The lowest BCUT2D eigenvalue weighted by Gasteiger charge is -2.27. The largest absolute Gasteiger partial charge is 0.378 e. The first-order valence-electron chi connectivity index (χ1n) is 6.22. The molecule has 4 nitrogen and oxygen atoms in total. The highest BCUT2D eigenvalue weighted by Crippen LogP contribution is 2.29. The lowest BCUT2D eigenvalue weighted by molar-refractivity contribution is 0.0727. The molecule has 16 heavy (non-hydrogen) atoms. The van der Waals surface area contributed by atoms with Gasteiger partial charge in [0.15, 0.2) is 0 Å². The molecule has 0 spiro atoms. The SMILES string of the molecule is CC1CCCn2c1cnc2C1COCCN1. The average molecular weight is 221 g/mol. The summed E-state index contributed by atoms with van der Waals surface area (Å²) in [7, 11) is 0. The van der Waals surface area contributed by atoms with Gasteiger partial charge in [0.2, 0.25) is 0 Å². The van der Waals surface area contributed by atoms with Gasteiger partial charge in [0, 0.05) is 25.0 Å². The van der Waals surface area contributed by atoms with Gasteiger partial charge in [-0.25, -0.2) is 4.98 Å². The number of morpholine rings is 1. The minimum Gasteiger partial charge on any atom is -0.378 e. The number of hydrogen-bond donors (Lipinski definition) is 1. The van der Waals surface area contributed by atoms with Crippen LogP contribution in [0.3, 0.4) is 0 Å². The monoisotopic (exact) mass is 221 g/mol. The Labute approximate surface area is 96.0 Å². The normalized spacial score (nSPS) is 30.1. The van der Waals surface area contributed by atoms with Gasteiger partial charge in [-0.2, -0.15) is 0 Å². The molecule has 0 aliphatic carbocycles. The van der Waals surface area contributed by atoms with Crippen LogP contribution in [0.2, 0.25) is 0 Å². The van der Waals surface area contributed by atoms with E-state index in [2.05, 4.69) is 28.0 Å². The topological polar surface area (TPSA) is 39.1 Å². The molecule has 3 heterocycles. The van der Waals surface area contributed by atoms with E-state index in [1.165, 1.54) is 24.4 Å². The highest BCUT2D eigenvalue weighted by Gasteiger charge is 2.25. The van der Waals surface area contributed by atoms with Crippen LogP contribution in [-0.4, -0.2) is 29.3 Å². The van der Waals surface area contributed by atoms with Crippen LogP contribution in [0.5, 0.6) is 0 Å². The molecule has 4 heteroatoms. The zero-order chi connectivity index (χ0) is 11.0. The molecule has 2 atom stereocenters. The van der Waals surface area contributed by atoms with Crippen LogP contribution in [0.15, 0.2) is 6.20 Å². The number of aromatic nitrogens is 2. The summed E-state index contributed by atoms with van der Waals surface area (Å²) in [6.45, 7) is 5.92. The summed E-state index contributed by atoms with van der Waals surface area (Å²) in [5.74, 6) is 1.82. The van der Waals surface area contributed by atoms with Crippen LogP contribution < -0.4 is 5.32 Å². The lowest BCUT2D eigenvalue weighted by Crippen LogP contribution is -2.36. The molecule has 1 saturated heterocycles. The molecule has 1 aromatic heterocycles. The Morgan fingerprint density at radius 2 is 2.50 bits per heavy atom. The number of ether oxygens (including phenoxy) is 1. The summed E-state index contributed by atoms with van der Waals surface area (Å²) in [5.41, 5.74) is 1.40. The van der Waals surface area contributed by atoms with Crippen LogP contribution in [-0.2, 0) is 11.3 Å². The van der Waals surface area contributed by atoms with Crippen molar-refractivity contribution in [2.45, 2.75) is 38.3 Å². The molecule has 1 N–H and O–H groups in total. The van der Waals surface area contributed by atoms with Gasteiger partial charge >= 0.3 is 0 Å². The number of rotatable bonds is 1. The molecular weight excluding hydrogens is 202 g/mol. The van der Waals surface area contributed by atoms with Gasteiger partial charge in [-0.15, -0.1) is 0 Å². The molecule has 0 amide bonds. The Kier molecular flexibility index (Phi) is 2.69. The molecule has 88 valence electrons. The van der Waals surface area contributed by atoms with E-state index in [4.69, 9.17) is 4.74 Å². The Bertz CT molecular complexity index is 368. The number of imidazole rings is 1. The summed E-state index contributed by atoms with van der Waals surface area (Å²) < 4.78 is 7.90. The first-order chi connectivity index (χ1) is 7.86. The Morgan fingerprint density at radius 3 is 3.31 bits per heavy atom. The summed E-state index contributed by atoms with van der Waals surface area (Å²) >= 11 is 0. The standard InChI is InChI=1S/C12H19N3O/c1-9-3-2-5-15-11(9)7-14-12(15)10-8-16-6-4-13-10/h7,9-10,13H,2-6,8H2,1H3. The van der Waals surface area contributed by atoms with Crippen molar-refractivity contribution in [3.63, 3.8) is 0 Å². The minimum absolute atomic E-state index is 0.285.